The number of fused-ring (bicyclic) bond motifs is 1. The fraction of sp³-hybridized carbons (Fsp3) is 0.158. The van der Waals surface area contributed by atoms with Gasteiger partial charge in [0.25, 0.3) is 5.91 Å². The van der Waals surface area contributed by atoms with Gasteiger partial charge in [0.05, 0.1) is 17.2 Å². The summed E-state index contributed by atoms with van der Waals surface area (Å²) < 4.78 is 5.79. The van der Waals surface area contributed by atoms with Gasteiger partial charge in [0.2, 0.25) is 0 Å². The van der Waals surface area contributed by atoms with Crippen molar-refractivity contribution in [2.24, 2.45) is 0 Å². The molecule has 0 bridgehead atoms. The molecule has 1 amide bonds. The van der Waals surface area contributed by atoms with E-state index in [1.54, 1.807) is 30.5 Å². The van der Waals surface area contributed by atoms with Gasteiger partial charge < -0.3 is 10.1 Å². The maximum Gasteiger partial charge on any atom is 0.252 e. The van der Waals surface area contributed by atoms with Crippen LogP contribution in [-0.2, 0) is 0 Å². The predicted molar refractivity (Wildman–Crippen MR) is 95.6 cm³/mol. The highest BCUT2D eigenvalue weighted by molar-refractivity contribution is 6.33. The number of halogens is 1. The molecule has 24 heavy (non-hydrogen) atoms. The van der Waals surface area contributed by atoms with E-state index in [-0.39, 0.29) is 5.91 Å². The minimum Gasteiger partial charge on any atom is -0.491 e. The molecule has 0 saturated heterocycles. The maximum absolute atomic E-state index is 12.0. The topological polar surface area (TPSA) is 51.2 Å². The molecule has 0 spiro atoms. The first-order chi connectivity index (χ1) is 11.8. The third kappa shape index (κ3) is 3.84. The van der Waals surface area contributed by atoms with Crippen molar-refractivity contribution in [3.05, 3.63) is 71.4 Å². The second-order valence-corrected chi connectivity index (χ2v) is 5.68. The Balaban J connectivity index is 1.49. The molecule has 0 aliphatic carbocycles. The summed E-state index contributed by atoms with van der Waals surface area (Å²) in [6, 6.07) is 16.7. The van der Waals surface area contributed by atoms with Gasteiger partial charge in [0, 0.05) is 18.1 Å². The monoisotopic (exact) mass is 340 g/mol. The fourth-order valence-electron chi connectivity index (χ4n) is 2.39. The molecule has 4 nitrogen and oxygen atoms in total. The van der Waals surface area contributed by atoms with Crippen LogP contribution in [-0.4, -0.2) is 24.0 Å². The van der Waals surface area contributed by atoms with Gasteiger partial charge in [-0.1, -0.05) is 41.9 Å². The van der Waals surface area contributed by atoms with Gasteiger partial charge in [-0.2, -0.15) is 0 Å². The lowest BCUT2D eigenvalue weighted by molar-refractivity contribution is 0.0951. The Morgan fingerprint density at radius 2 is 1.92 bits per heavy atom. The summed E-state index contributed by atoms with van der Waals surface area (Å²) in [4.78, 5) is 16.4. The molecule has 0 aliphatic heterocycles. The van der Waals surface area contributed by atoms with E-state index < -0.39 is 0 Å². The lowest BCUT2D eigenvalue weighted by atomic mass is 10.2. The average Bonchev–Trinajstić information content (AvgIpc) is 2.62. The van der Waals surface area contributed by atoms with Crippen LogP contribution in [0.3, 0.4) is 0 Å². The van der Waals surface area contributed by atoms with E-state index in [9.17, 15) is 4.79 Å². The van der Waals surface area contributed by atoms with Crippen molar-refractivity contribution in [3.63, 3.8) is 0 Å². The molecule has 122 valence electrons. The van der Waals surface area contributed by atoms with Crippen molar-refractivity contribution in [1.82, 2.24) is 10.3 Å². The van der Waals surface area contributed by atoms with Crippen LogP contribution in [0.15, 0.2) is 60.8 Å². The van der Waals surface area contributed by atoms with Crippen LogP contribution in [0, 0.1) is 0 Å². The number of aromatic nitrogens is 1. The van der Waals surface area contributed by atoms with E-state index in [0.29, 0.717) is 30.2 Å². The number of nitrogens with one attached hydrogen (secondary N) is 1. The Morgan fingerprint density at radius 3 is 2.79 bits per heavy atom. The molecule has 0 aliphatic rings. The standard InChI is InChI=1S/C19H17ClN2O2/c20-16-9-2-1-8-15(16)19(23)22-12-5-13-24-17-10-3-6-14-7-4-11-21-18(14)17/h1-4,6-11H,5,12-13H2,(H,22,23). The second kappa shape index (κ2) is 7.79. The molecule has 3 rings (SSSR count). The van der Waals surface area contributed by atoms with Crippen LogP contribution in [0.2, 0.25) is 5.02 Å². The number of hydrogen-bond donors (Lipinski definition) is 1. The van der Waals surface area contributed by atoms with Gasteiger partial charge in [-0.05, 0) is 30.7 Å². The summed E-state index contributed by atoms with van der Waals surface area (Å²) in [5.74, 6) is 0.581. The highest BCUT2D eigenvalue weighted by atomic mass is 35.5. The van der Waals surface area contributed by atoms with Crippen molar-refractivity contribution in [3.8, 4) is 5.75 Å². The summed E-state index contributed by atoms with van der Waals surface area (Å²) in [6.45, 7) is 1.01. The first-order valence-electron chi connectivity index (χ1n) is 7.75. The Morgan fingerprint density at radius 1 is 1.08 bits per heavy atom. The first-order valence-corrected chi connectivity index (χ1v) is 8.13. The predicted octanol–water partition coefficient (Wildman–Crippen LogP) is 4.09. The van der Waals surface area contributed by atoms with E-state index in [2.05, 4.69) is 10.3 Å². The van der Waals surface area contributed by atoms with Gasteiger partial charge in [0.15, 0.2) is 0 Å². The maximum atomic E-state index is 12.0. The molecule has 0 atom stereocenters. The number of rotatable bonds is 6. The molecule has 2 aromatic carbocycles. The minimum atomic E-state index is -0.174. The largest absolute Gasteiger partial charge is 0.491 e. The number of carbonyl (C=O) groups excluding carboxylic acids is 1. The zero-order chi connectivity index (χ0) is 16.8. The van der Waals surface area contributed by atoms with Gasteiger partial charge >= 0.3 is 0 Å². The zero-order valence-corrected chi connectivity index (χ0v) is 13.8. The molecular weight excluding hydrogens is 324 g/mol. The van der Waals surface area contributed by atoms with Crippen molar-refractivity contribution in [2.45, 2.75) is 6.42 Å². The van der Waals surface area contributed by atoms with E-state index in [1.807, 2.05) is 30.3 Å². The zero-order valence-electron chi connectivity index (χ0n) is 13.0. The van der Waals surface area contributed by atoms with Gasteiger partial charge in [-0.25, -0.2) is 0 Å². The van der Waals surface area contributed by atoms with E-state index in [1.165, 1.54) is 0 Å². The van der Waals surface area contributed by atoms with Crippen LogP contribution < -0.4 is 10.1 Å². The second-order valence-electron chi connectivity index (χ2n) is 5.27. The lowest BCUT2D eigenvalue weighted by Crippen LogP contribution is -2.25. The molecule has 0 unspecified atom stereocenters. The summed E-state index contributed by atoms with van der Waals surface area (Å²) in [5.41, 5.74) is 1.33. The Labute approximate surface area is 145 Å². The number of pyridine rings is 1. The van der Waals surface area contributed by atoms with Gasteiger partial charge in [-0.3, -0.25) is 9.78 Å². The summed E-state index contributed by atoms with van der Waals surface area (Å²) in [6.07, 6.45) is 2.44. The smallest absolute Gasteiger partial charge is 0.252 e. The molecule has 0 radical (unpaired) electrons. The van der Waals surface area contributed by atoms with Crippen LogP contribution in [0.1, 0.15) is 16.8 Å². The number of nitrogens with zero attached hydrogens (tertiary/aromatic N) is 1. The number of hydrogen-bond acceptors (Lipinski definition) is 3. The summed E-state index contributed by atoms with van der Waals surface area (Å²) >= 11 is 6.00. The molecule has 0 fully saturated rings. The molecule has 1 heterocycles. The van der Waals surface area contributed by atoms with E-state index in [4.69, 9.17) is 16.3 Å². The van der Waals surface area contributed by atoms with Crippen molar-refractivity contribution in [2.75, 3.05) is 13.2 Å². The van der Waals surface area contributed by atoms with Crippen LogP contribution in [0.4, 0.5) is 0 Å². The number of benzene rings is 2. The molecule has 0 saturated carbocycles. The molecule has 1 N–H and O–H groups in total. The van der Waals surface area contributed by atoms with Crippen LogP contribution in [0.25, 0.3) is 10.9 Å². The highest BCUT2D eigenvalue weighted by Gasteiger charge is 2.08. The third-order valence-electron chi connectivity index (χ3n) is 3.58. The normalized spacial score (nSPS) is 10.5. The van der Waals surface area contributed by atoms with Gasteiger partial charge in [0.1, 0.15) is 11.3 Å². The van der Waals surface area contributed by atoms with Gasteiger partial charge in [-0.15, -0.1) is 0 Å². The molecule has 5 heteroatoms. The minimum absolute atomic E-state index is 0.174. The molecule has 1 aromatic heterocycles. The van der Waals surface area contributed by atoms with Crippen molar-refractivity contribution in [1.29, 1.82) is 0 Å². The Hall–Kier alpha value is -2.59. The van der Waals surface area contributed by atoms with Crippen LogP contribution in [0.5, 0.6) is 5.75 Å². The average molecular weight is 341 g/mol. The summed E-state index contributed by atoms with van der Waals surface area (Å²) in [5, 5.41) is 4.34. The van der Waals surface area contributed by atoms with Crippen molar-refractivity contribution >= 4 is 28.4 Å². The van der Waals surface area contributed by atoms with E-state index >= 15 is 0 Å². The quantitative estimate of drug-likeness (QED) is 0.688. The van der Waals surface area contributed by atoms with Crippen molar-refractivity contribution < 1.29 is 9.53 Å². The first kappa shape index (κ1) is 16.3. The molecular formula is C19H17ClN2O2. The Kier molecular flexibility index (Phi) is 5.29. The number of para-hydroxylation sites is 1. The highest BCUT2D eigenvalue weighted by Crippen LogP contribution is 2.22. The van der Waals surface area contributed by atoms with Crippen LogP contribution >= 0.6 is 11.6 Å². The summed E-state index contributed by atoms with van der Waals surface area (Å²) in [7, 11) is 0. The SMILES string of the molecule is O=C(NCCCOc1cccc2cccnc12)c1ccccc1Cl. The third-order valence-corrected chi connectivity index (χ3v) is 3.91. The fourth-order valence-corrected chi connectivity index (χ4v) is 2.61. The molecule has 3 aromatic rings. The van der Waals surface area contributed by atoms with E-state index in [0.717, 1.165) is 16.7 Å². The Bertz CT molecular complexity index is 846. The number of ether oxygens (including phenoxy) is 1. The number of amides is 1. The number of carbonyl (C=O) groups is 1. The lowest BCUT2D eigenvalue weighted by Gasteiger charge is -2.09.